The molecule has 0 atom stereocenters. The van der Waals surface area contributed by atoms with E-state index < -0.39 is 0 Å². The van der Waals surface area contributed by atoms with Crippen LogP contribution in [0.5, 0.6) is 11.5 Å². The molecule has 0 saturated heterocycles. The molecule has 0 aliphatic heterocycles. The Labute approximate surface area is 139 Å². The second kappa shape index (κ2) is 5.84. The summed E-state index contributed by atoms with van der Waals surface area (Å²) >= 11 is 2.14. The molecule has 0 aliphatic rings. The van der Waals surface area contributed by atoms with E-state index in [0.29, 0.717) is 22.5 Å². The molecule has 3 rings (SSSR count). The maximum Gasteiger partial charge on any atom is 0.323 e. The third kappa shape index (κ3) is 2.84. The monoisotopic (exact) mass is 409 g/mol. The number of H-pyrrole nitrogens is 2. The molecule has 0 spiro atoms. The first-order valence-corrected chi connectivity index (χ1v) is 7.47. The molecular weight excluding hydrogens is 397 g/mol. The SMILES string of the molecule is COc1cc(I)cc(C=Nc2ccc3[nH]c(=O)[nH]c3c2)c1O. The van der Waals surface area contributed by atoms with Gasteiger partial charge in [-0.2, -0.15) is 0 Å². The number of phenols is 1. The van der Waals surface area contributed by atoms with Gasteiger partial charge in [0.25, 0.3) is 0 Å². The van der Waals surface area contributed by atoms with Crippen molar-refractivity contribution in [3.05, 3.63) is 49.9 Å². The van der Waals surface area contributed by atoms with Gasteiger partial charge in [0.15, 0.2) is 11.5 Å². The van der Waals surface area contributed by atoms with Crippen LogP contribution in [0.2, 0.25) is 0 Å². The van der Waals surface area contributed by atoms with Gasteiger partial charge in [-0.25, -0.2) is 4.79 Å². The smallest absolute Gasteiger partial charge is 0.323 e. The van der Waals surface area contributed by atoms with Gasteiger partial charge in [-0.15, -0.1) is 0 Å². The van der Waals surface area contributed by atoms with Gasteiger partial charge in [0.1, 0.15) is 0 Å². The van der Waals surface area contributed by atoms with Crippen molar-refractivity contribution in [3.63, 3.8) is 0 Å². The predicted octanol–water partition coefficient (Wildman–Crippen LogP) is 2.93. The number of imidazole rings is 1. The van der Waals surface area contributed by atoms with Crippen molar-refractivity contribution >= 4 is 45.5 Å². The van der Waals surface area contributed by atoms with Crippen LogP contribution in [0.25, 0.3) is 11.0 Å². The van der Waals surface area contributed by atoms with E-state index in [1.807, 2.05) is 0 Å². The average Bonchev–Trinajstić information content (AvgIpc) is 2.87. The lowest BCUT2D eigenvalue weighted by molar-refractivity contribution is 0.373. The number of rotatable bonds is 3. The number of hydrogen-bond donors (Lipinski definition) is 3. The van der Waals surface area contributed by atoms with E-state index in [2.05, 4.69) is 37.6 Å². The minimum Gasteiger partial charge on any atom is -0.504 e. The number of benzene rings is 2. The van der Waals surface area contributed by atoms with Crippen molar-refractivity contribution in [1.29, 1.82) is 0 Å². The summed E-state index contributed by atoms with van der Waals surface area (Å²) in [5.41, 5.74) is 2.38. The molecule has 0 radical (unpaired) electrons. The maximum absolute atomic E-state index is 11.2. The summed E-state index contributed by atoms with van der Waals surface area (Å²) < 4.78 is 6.05. The molecule has 112 valence electrons. The summed E-state index contributed by atoms with van der Waals surface area (Å²) in [6.07, 6.45) is 1.56. The molecule has 0 fully saturated rings. The van der Waals surface area contributed by atoms with Gasteiger partial charge in [-0.3, -0.25) is 4.99 Å². The van der Waals surface area contributed by atoms with Crippen molar-refractivity contribution in [1.82, 2.24) is 9.97 Å². The molecule has 0 saturated carbocycles. The average molecular weight is 409 g/mol. The van der Waals surface area contributed by atoms with E-state index in [0.717, 1.165) is 9.09 Å². The highest BCUT2D eigenvalue weighted by Gasteiger charge is 2.08. The van der Waals surface area contributed by atoms with E-state index in [1.54, 1.807) is 36.5 Å². The third-order valence-electron chi connectivity index (χ3n) is 3.14. The topological polar surface area (TPSA) is 90.5 Å². The predicted molar refractivity (Wildman–Crippen MR) is 93.5 cm³/mol. The molecule has 0 bridgehead atoms. The van der Waals surface area contributed by atoms with Crippen molar-refractivity contribution in [3.8, 4) is 11.5 Å². The van der Waals surface area contributed by atoms with Crippen molar-refractivity contribution < 1.29 is 9.84 Å². The highest BCUT2D eigenvalue weighted by molar-refractivity contribution is 14.1. The number of methoxy groups -OCH3 is 1. The van der Waals surface area contributed by atoms with Gasteiger partial charge in [0.2, 0.25) is 0 Å². The lowest BCUT2D eigenvalue weighted by Gasteiger charge is -2.06. The number of aliphatic imine (C=N–C) groups is 1. The quantitative estimate of drug-likeness (QED) is 0.459. The summed E-state index contributed by atoms with van der Waals surface area (Å²) in [5, 5.41) is 10.1. The van der Waals surface area contributed by atoms with Crippen LogP contribution in [-0.2, 0) is 0 Å². The number of nitrogens with zero attached hydrogens (tertiary/aromatic N) is 1. The Morgan fingerprint density at radius 2 is 2.00 bits per heavy atom. The van der Waals surface area contributed by atoms with E-state index in [-0.39, 0.29) is 11.4 Å². The van der Waals surface area contributed by atoms with Crippen molar-refractivity contribution in [2.45, 2.75) is 0 Å². The number of ether oxygens (including phenoxy) is 1. The Bertz CT molecular complexity index is 927. The Morgan fingerprint density at radius 3 is 2.77 bits per heavy atom. The number of nitrogens with one attached hydrogen (secondary N) is 2. The van der Waals surface area contributed by atoms with Crippen LogP contribution in [0.3, 0.4) is 0 Å². The number of phenolic OH excluding ortho intramolecular Hbond substituents is 1. The molecule has 7 heteroatoms. The number of aromatic nitrogens is 2. The Kier molecular flexibility index (Phi) is 3.88. The third-order valence-corrected chi connectivity index (χ3v) is 3.76. The highest BCUT2D eigenvalue weighted by atomic mass is 127. The minimum absolute atomic E-state index is 0.0443. The van der Waals surface area contributed by atoms with Crippen LogP contribution in [0, 0.1) is 3.57 Å². The van der Waals surface area contributed by atoms with Gasteiger partial charge < -0.3 is 19.8 Å². The molecule has 1 heterocycles. The fourth-order valence-electron chi connectivity index (χ4n) is 2.09. The van der Waals surface area contributed by atoms with Crippen molar-refractivity contribution in [2.75, 3.05) is 7.11 Å². The van der Waals surface area contributed by atoms with Gasteiger partial charge in [0.05, 0.1) is 23.8 Å². The molecule has 3 aromatic rings. The standard InChI is InChI=1S/C15H12IN3O3/c1-22-13-5-9(16)4-8(14(13)20)7-17-10-2-3-11-12(6-10)19-15(21)18-11/h2-7,20H,1H3,(H2,18,19,21). The summed E-state index contributed by atoms with van der Waals surface area (Å²) in [6, 6.07) is 8.86. The maximum atomic E-state index is 11.2. The number of fused-ring (bicyclic) bond motifs is 1. The van der Waals surface area contributed by atoms with Gasteiger partial charge in [-0.05, 0) is 52.9 Å². The zero-order valence-electron chi connectivity index (χ0n) is 11.6. The minimum atomic E-state index is -0.254. The molecule has 0 aliphatic carbocycles. The molecule has 3 N–H and O–H groups in total. The molecular formula is C15H12IN3O3. The van der Waals surface area contributed by atoms with E-state index in [4.69, 9.17) is 4.74 Å². The van der Waals surface area contributed by atoms with Crippen LogP contribution in [0.4, 0.5) is 5.69 Å². The molecule has 0 unspecified atom stereocenters. The largest absolute Gasteiger partial charge is 0.504 e. The zero-order chi connectivity index (χ0) is 15.7. The lowest BCUT2D eigenvalue weighted by Crippen LogP contribution is -1.99. The lowest BCUT2D eigenvalue weighted by atomic mass is 10.2. The molecule has 22 heavy (non-hydrogen) atoms. The Balaban J connectivity index is 1.98. The van der Waals surface area contributed by atoms with E-state index in [1.165, 1.54) is 7.11 Å². The second-order valence-electron chi connectivity index (χ2n) is 4.61. The normalized spacial score (nSPS) is 11.4. The van der Waals surface area contributed by atoms with Crippen LogP contribution in [0.1, 0.15) is 5.56 Å². The molecule has 0 amide bonds. The van der Waals surface area contributed by atoms with Gasteiger partial charge >= 0.3 is 5.69 Å². The van der Waals surface area contributed by atoms with Crippen LogP contribution >= 0.6 is 22.6 Å². The summed E-state index contributed by atoms with van der Waals surface area (Å²) in [7, 11) is 1.50. The molecule has 6 nitrogen and oxygen atoms in total. The van der Waals surface area contributed by atoms with Gasteiger partial charge in [0, 0.05) is 15.3 Å². The first kappa shape index (κ1) is 14.6. The van der Waals surface area contributed by atoms with Crippen LogP contribution in [-0.4, -0.2) is 28.4 Å². The first-order chi connectivity index (χ1) is 10.6. The number of halogens is 1. The van der Waals surface area contributed by atoms with Crippen LogP contribution < -0.4 is 10.4 Å². The fourth-order valence-corrected chi connectivity index (χ4v) is 2.71. The van der Waals surface area contributed by atoms with Crippen molar-refractivity contribution in [2.24, 2.45) is 4.99 Å². The van der Waals surface area contributed by atoms with Gasteiger partial charge in [-0.1, -0.05) is 0 Å². The second-order valence-corrected chi connectivity index (χ2v) is 5.86. The first-order valence-electron chi connectivity index (χ1n) is 6.39. The molecule has 1 aromatic heterocycles. The number of aromatic hydroxyl groups is 1. The fraction of sp³-hybridized carbons (Fsp3) is 0.0667. The summed E-state index contributed by atoms with van der Waals surface area (Å²) in [6.45, 7) is 0. The summed E-state index contributed by atoms with van der Waals surface area (Å²) in [5.74, 6) is 0.446. The van der Waals surface area contributed by atoms with E-state index in [9.17, 15) is 9.90 Å². The Hall–Kier alpha value is -2.29. The highest BCUT2D eigenvalue weighted by Crippen LogP contribution is 2.31. The van der Waals surface area contributed by atoms with E-state index >= 15 is 0 Å². The van der Waals surface area contributed by atoms with Crippen LogP contribution in [0.15, 0.2) is 40.1 Å². The zero-order valence-corrected chi connectivity index (χ0v) is 13.7. The number of aromatic amines is 2. The Morgan fingerprint density at radius 1 is 1.23 bits per heavy atom. The number of hydrogen-bond acceptors (Lipinski definition) is 4. The molecule has 2 aromatic carbocycles. The summed E-state index contributed by atoms with van der Waals surface area (Å²) in [4.78, 5) is 20.9.